The molecule has 0 spiro atoms. The van der Waals surface area contributed by atoms with Gasteiger partial charge in [0.05, 0.1) is 6.61 Å². The molecule has 0 radical (unpaired) electrons. The number of benzene rings is 1. The third kappa shape index (κ3) is 4.81. The number of nitrogens with zero attached hydrogens (tertiary/aromatic N) is 3. The van der Waals surface area contributed by atoms with Gasteiger partial charge in [-0.3, -0.25) is 9.80 Å². The largest absolute Gasteiger partial charge is 0.444 e. The molecule has 2 aliphatic heterocycles. The first-order chi connectivity index (χ1) is 12.8. The van der Waals surface area contributed by atoms with Crippen molar-refractivity contribution in [2.75, 3.05) is 32.8 Å². The topological polar surface area (TPSA) is 56.2 Å². The minimum absolute atomic E-state index is 0.127. The molecule has 1 amide bonds. The van der Waals surface area contributed by atoms with E-state index in [1.54, 1.807) is 4.90 Å². The molecule has 3 rings (SSSR count). The van der Waals surface area contributed by atoms with Crippen LogP contribution in [-0.4, -0.2) is 82.4 Å². The van der Waals surface area contributed by atoms with E-state index in [-0.39, 0.29) is 24.8 Å². The number of piperazine rings is 1. The highest BCUT2D eigenvalue weighted by Crippen LogP contribution is 2.28. The van der Waals surface area contributed by atoms with Crippen molar-refractivity contribution in [2.24, 2.45) is 0 Å². The molecule has 0 aliphatic carbocycles. The lowest BCUT2D eigenvalue weighted by molar-refractivity contribution is -0.0681. The van der Waals surface area contributed by atoms with E-state index in [4.69, 9.17) is 4.74 Å². The molecule has 2 fully saturated rings. The minimum atomic E-state index is -0.465. The predicted molar refractivity (Wildman–Crippen MR) is 105 cm³/mol. The van der Waals surface area contributed by atoms with Crippen molar-refractivity contribution in [3.63, 3.8) is 0 Å². The average Bonchev–Trinajstić information content (AvgIpc) is 2.61. The molecule has 150 valence electrons. The Morgan fingerprint density at radius 2 is 1.89 bits per heavy atom. The first kappa shape index (κ1) is 20.1. The molecule has 1 N–H and O–H groups in total. The lowest BCUT2D eigenvalue weighted by atomic mass is 9.95. The van der Waals surface area contributed by atoms with Crippen LogP contribution < -0.4 is 0 Å². The number of aliphatic hydroxyl groups excluding tert-OH is 1. The van der Waals surface area contributed by atoms with Gasteiger partial charge in [0, 0.05) is 50.8 Å². The van der Waals surface area contributed by atoms with Gasteiger partial charge in [-0.05, 0) is 33.3 Å². The quantitative estimate of drug-likeness (QED) is 0.874. The maximum Gasteiger partial charge on any atom is 0.410 e. The maximum atomic E-state index is 12.3. The fourth-order valence-corrected chi connectivity index (χ4v) is 3.99. The van der Waals surface area contributed by atoms with Gasteiger partial charge in [-0.15, -0.1) is 0 Å². The molecular formula is C21H33N3O3. The second-order valence-electron chi connectivity index (χ2n) is 8.73. The Balaban J connectivity index is 1.54. The van der Waals surface area contributed by atoms with Crippen LogP contribution in [-0.2, 0) is 11.3 Å². The van der Waals surface area contributed by atoms with Gasteiger partial charge in [-0.2, -0.15) is 0 Å². The predicted octanol–water partition coefficient (Wildman–Crippen LogP) is 2.17. The van der Waals surface area contributed by atoms with Crippen LogP contribution in [0.4, 0.5) is 4.79 Å². The van der Waals surface area contributed by atoms with Crippen LogP contribution in [0.25, 0.3) is 0 Å². The zero-order valence-corrected chi connectivity index (χ0v) is 17.0. The Hall–Kier alpha value is -1.63. The summed E-state index contributed by atoms with van der Waals surface area (Å²) in [4.78, 5) is 18.9. The maximum absolute atomic E-state index is 12.3. The normalized spacial score (nSPS) is 27.3. The van der Waals surface area contributed by atoms with Crippen molar-refractivity contribution in [3.05, 3.63) is 35.9 Å². The van der Waals surface area contributed by atoms with Gasteiger partial charge < -0.3 is 14.7 Å². The number of likely N-dealkylation sites (tertiary alicyclic amines) is 1. The van der Waals surface area contributed by atoms with Gasteiger partial charge in [0.15, 0.2) is 0 Å². The van der Waals surface area contributed by atoms with Crippen molar-refractivity contribution in [2.45, 2.75) is 58.0 Å². The van der Waals surface area contributed by atoms with Crippen LogP contribution in [0.1, 0.15) is 33.3 Å². The molecule has 6 heteroatoms. The molecule has 0 saturated carbocycles. The number of amides is 1. The monoisotopic (exact) mass is 375 g/mol. The highest BCUT2D eigenvalue weighted by Gasteiger charge is 2.45. The summed E-state index contributed by atoms with van der Waals surface area (Å²) in [6.45, 7) is 12.2. The molecule has 2 heterocycles. The Bertz CT molecular complexity index is 631. The summed E-state index contributed by atoms with van der Waals surface area (Å²) in [5, 5.41) is 9.91. The second-order valence-corrected chi connectivity index (χ2v) is 8.73. The molecule has 2 saturated heterocycles. The number of ether oxygens (including phenoxy) is 1. The Labute approximate surface area is 162 Å². The van der Waals surface area contributed by atoms with Crippen molar-refractivity contribution < 1.29 is 14.6 Å². The fraction of sp³-hybridized carbons (Fsp3) is 0.667. The van der Waals surface area contributed by atoms with Gasteiger partial charge in [0.1, 0.15) is 5.60 Å². The number of carbonyl (C=O) groups is 1. The van der Waals surface area contributed by atoms with Gasteiger partial charge >= 0.3 is 6.09 Å². The summed E-state index contributed by atoms with van der Waals surface area (Å²) in [5.41, 5.74) is 0.810. The molecule has 3 atom stereocenters. The molecule has 6 nitrogen and oxygen atoms in total. The third-order valence-electron chi connectivity index (χ3n) is 5.60. The van der Waals surface area contributed by atoms with E-state index in [9.17, 15) is 9.90 Å². The summed E-state index contributed by atoms with van der Waals surface area (Å²) in [5.74, 6) is 0. The summed E-state index contributed by atoms with van der Waals surface area (Å²) in [7, 11) is 0. The van der Waals surface area contributed by atoms with E-state index in [2.05, 4.69) is 41.0 Å². The van der Waals surface area contributed by atoms with Crippen LogP contribution in [0, 0.1) is 0 Å². The Morgan fingerprint density at radius 1 is 1.19 bits per heavy atom. The summed E-state index contributed by atoms with van der Waals surface area (Å²) >= 11 is 0. The smallest absolute Gasteiger partial charge is 0.410 e. The van der Waals surface area contributed by atoms with Crippen molar-refractivity contribution in [1.82, 2.24) is 14.7 Å². The summed E-state index contributed by atoms with van der Waals surface area (Å²) in [6.07, 6.45) is -0.229. The first-order valence-electron chi connectivity index (χ1n) is 9.91. The number of aliphatic hydroxyl groups is 1. The molecule has 2 aliphatic rings. The number of carbonyl (C=O) groups excluding carboxylic acids is 1. The Kier molecular flexibility index (Phi) is 6.08. The van der Waals surface area contributed by atoms with Gasteiger partial charge in [0.25, 0.3) is 0 Å². The van der Waals surface area contributed by atoms with Crippen LogP contribution in [0.2, 0.25) is 0 Å². The molecule has 1 aromatic carbocycles. The fourth-order valence-electron chi connectivity index (χ4n) is 3.99. The van der Waals surface area contributed by atoms with Gasteiger partial charge in [-0.1, -0.05) is 30.3 Å². The molecule has 1 aromatic rings. The minimum Gasteiger partial charge on any atom is -0.444 e. The zero-order valence-electron chi connectivity index (χ0n) is 17.0. The SMILES string of the molecule is C[C@@H]1C(N2CCN(Cc3ccccc3)C(CO)C2)CN1C(=O)OC(C)(C)C. The molecular weight excluding hydrogens is 342 g/mol. The zero-order chi connectivity index (χ0) is 19.6. The van der Waals surface area contributed by atoms with E-state index < -0.39 is 5.60 Å². The van der Waals surface area contributed by atoms with E-state index in [1.165, 1.54) is 5.56 Å². The average molecular weight is 376 g/mol. The third-order valence-corrected chi connectivity index (χ3v) is 5.60. The molecule has 0 bridgehead atoms. The van der Waals surface area contributed by atoms with Crippen LogP contribution in [0.5, 0.6) is 0 Å². The highest BCUT2D eigenvalue weighted by atomic mass is 16.6. The van der Waals surface area contributed by atoms with Gasteiger partial charge in [-0.25, -0.2) is 4.79 Å². The van der Waals surface area contributed by atoms with E-state index in [0.29, 0.717) is 12.6 Å². The number of hydrogen-bond donors (Lipinski definition) is 1. The lowest BCUT2D eigenvalue weighted by Gasteiger charge is -2.54. The van der Waals surface area contributed by atoms with Crippen molar-refractivity contribution >= 4 is 6.09 Å². The Morgan fingerprint density at radius 3 is 2.48 bits per heavy atom. The van der Waals surface area contributed by atoms with Crippen molar-refractivity contribution in [3.8, 4) is 0 Å². The second kappa shape index (κ2) is 8.17. The molecule has 0 aromatic heterocycles. The van der Waals surface area contributed by atoms with Crippen molar-refractivity contribution in [1.29, 1.82) is 0 Å². The summed E-state index contributed by atoms with van der Waals surface area (Å²) < 4.78 is 5.49. The number of rotatable bonds is 4. The molecule has 27 heavy (non-hydrogen) atoms. The van der Waals surface area contributed by atoms with Crippen LogP contribution in [0.3, 0.4) is 0 Å². The summed E-state index contributed by atoms with van der Waals surface area (Å²) in [6, 6.07) is 11.0. The first-order valence-corrected chi connectivity index (χ1v) is 9.91. The van der Waals surface area contributed by atoms with E-state index in [0.717, 1.165) is 26.2 Å². The van der Waals surface area contributed by atoms with Crippen LogP contribution in [0.15, 0.2) is 30.3 Å². The standard InChI is InChI=1S/C21H33N3O3/c1-16-19(14-24(16)20(26)27-21(2,3)4)23-11-10-22(18(13-23)15-25)12-17-8-6-5-7-9-17/h5-9,16,18-19,25H,10-15H2,1-4H3/t16-,18?,19?/m1/s1. The number of hydrogen-bond acceptors (Lipinski definition) is 5. The van der Waals surface area contributed by atoms with E-state index >= 15 is 0 Å². The van der Waals surface area contributed by atoms with Gasteiger partial charge in [0.2, 0.25) is 0 Å². The van der Waals surface area contributed by atoms with E-state index in [1.807, 2.05) is 26.8 Å². The van der Waals surface area contributed by atoms with Crippen LogP contribution >= 0.6 is 0 Å². The highest BCUT2D eigenvalue weighted by molar-refractivity contribution is 5.70. The molecule has 2 unspecified atom stereocenters. The lowest BCUT2D eigenvalue weighted by Crippen LogP contribution is -2.70.